The number of pyridine rings is 1. The van der Waals surface area contributed by atoms with Gasteiger partial charge in [-0.1, -0.05) is 42.5 Å². The molecule has 2 aromatic heterocycles. The van der Waals surface area contributed by atoms with Crippen molar-refractivity contribution in [2.75, 3.05) is 24.3 Å². The van der Waals surface area contributed by atoms with Gasteiger partial charge in [0.2, 0.25) is 0 Å². The lowest BCUT2D eigenvalue weighted by atomic mass is 9.97. The van der Waals surface area contributed by atoms with E-state index in [1.165, 1.54) is 5.56 Å². The van der Waals surface area contributed by atoms with Gasteiger partial charge in [0.1, 0.15) is 11.9 Å². The van der Waals surface area contributed by atoms with Crippen LogP contribution in [0.4, 0.5) is 17.2 Å². The van der Waals surface area contributed by atoms with Crippen LogP contribution in [0.2, 0.25) is 0 Å². The number of nitrogens with one attached hydrogen (secondary N) is 1. The normalized spacial score (nSPS) is 11.0. The first kappa shape index (κ1) is 20.6. The van der Waals surface area contributed by atoms with Crippen LogP contribution in [0.3, 0.4) is 0 Å². The van der Waals surface area contributed by atoms with Crippen LogP contribution in [-0.2, 0) is 6.42 Å². The zero-order valence-corrected chi connectivity index (χ0v) is 19.0. The molecule has 33 heavy (non-hydrogen) atoms. The third-order valence-electron chi connectivity index (χ3n) is 6.10. The fourth-order valence-electron chi connectivity index (χ4n) is 4.31. The summed E-state index contributed by atoms with van der Waals surface area (Å²) >= 11 is 0. The van der Waals surface area contributed by atoms with Gasteiger partial charge in [-0.15, -0.1) is 0 Å². The number of nitriles is 1. The fourth-order valence-corrected chi connectivity index (χ4v) is 4.31. The Kier molecular flexibility index (Phi) is 5.20. The van der Waals surface area contributed by atoms with Crippen LogP contribution < -0.4 is 10.2 Å². The minimum atomic E-state index is 0.616. The van der Waals surface area contributed by atoms with Crippen LogP contribution in [-0.4, -0.2) is 23.5 Å². The molecule has 0 saturated carbocycles. The summed E-state index contributed by atoms with van der Waals surface area (Å²) in [5.41, 5.74) is 8.51. The molecule has 1 N–H and O–H groups in total. The first-order chi connectivity index (χ1) is 16.1. The van der Waals surface area contributed by atoms with E-state index in [0.29, 0.717) is 17.6 Å². The van der Waals surface area contributed by atoms with Crippen LogP contribution in [0.25, 0.3) is 16.7 Å². The Bertz CT molecular complexity index is 1490. The van der Waals surface area contributed by atoms with Gasteiger partial charge >= 0.3 is 0 Å². The molecule has 2 heterocycles. The Morgan fingerprint density at radius 3 is 2.33 bits per heavy atom. The molecule has 0 radical (unpaired) electrons. The monoisotopic (exact) mass is 431 g/mol. The lowest BCUT2D eigenvalue weighted by Gasteiger charge is -2.20. The van der Waals surface area contributed by atoms with Crippen LogP contribution in [0.5, 0.6) is 0 Å². The van der Waals surface area contributed by atoms with E-state index < -0.39 is 0 Å². The molecule has 0 amide bonds. The van der Waals surface area contributed by atoms with E-state index in [2.05, 4.69) is 63.2 Å². The maximum absolute atomic E-state index is 10.1. The van der Waals surface area contributed by atoms with Gasteiger partial charge in [-0.05, 0) is 54.4 Å². The Balaban J connectivity index is 1.78. The largest absolute Gasteiger partial charge is 0.378 e. The van der Waals surface area contributed by atoms with Crippen molar-refractivity contribution < 1.29 is 0 Å². The number of nitrogens with zero attached hydrogens (tertiary/aromatic N) is 4. The van der Waals surface area contributed by atoms with Crippen LogP contribution in [0, 0.1) is 18.3 Å². The van der Waals surface area contributed by atoms with Crippen molar-refractivity contribution in [3.63, 3.8) is 0 Å². The maximum Gasteiger partial charge on any atom is 0.157 e. The Labute approximate surface area is 193 Å². The van der Waals surface area contributed by atoms with Gasteiger partial charge in [-0.3, -0.25) is 4.40 Å². The topological polar surface area (TPSA) is 56.4 Å². The second-order valence-corrected chi connectivity index (χ2v) is 8.43. The first-order valence-corrected chi connectivity index (χ1v) is 11.0. The molecule has 0 saturated heterocycles. The van der Waals surface area contributed by atoms with Crippen molar-refractivity contribution in [1.82, 2.24) is 9.38 Å². The fraction of sp³-hybridized carbons (Fsp3) is 0.143. The highest BCUT2D eigenvalue weighted by Crippen LogP contribution is 2.34. The summed E-state index contributed by atoms with van der Waals surface area (Å²) in [6.07, 6.45) is 0.710. The second kappa shape index (κ2) is 8.33. The third-order valence-corrected chi connectivity index (χ3v) is 6.10. The molecule has 0 atom stereocenters. The molecule has 0 bridgehead atoms. The van der Waals surface area contributed by atoms with Gasteiger partial charge < -0.3 is 10.2 Å². The molecule has 5 rings (SSSR count). The average Bonchev–Trinajstić information content (AvgIpc) is 3.21. The number of hydrogen-bond donors (Lipinski definition) is 1. The number of para-hydroxylation sites is 2. The molecule has 5 aromatic rings. The second-order valence-electron chi connectivity index (χ2n) is 8.43. The van der Waals surface area contributed by atoms with Crippen molar-refractivity contribution in [1.29, 1.82) is 5.26 Å². The lowest BCUT2D eigenvalue weighted by molar-refractivity contribution is 1.08. The standard InChI is InChI=1S/C28H25N5/c1-19-23(17-20-9-5-4-6-10-20)27(30-21-13-15-22(16-14-21)32(2)3)33-26-12-8-7-11-25(26)31-28(33)24(19)18-29/h4-16,30H,17H2,1-3H3. The number of imidazole rings is 1. The number of rotatable bonds is 5. The van der Waals surface area contributed by atoms with Crippen molar-refractivity contribution in [3.8, 4) is 6.07 Å². The first-order valence-electron chi connectivity index (χ1n) is 11.0. The molecular formula is C28H25N5. The molecule has 5 nitrogen and oxygen atoms in total. The highest BCUT2D eigenvalue weighted by Gasteiger charge is 2.21. The summed E-state index contributed by atoms with van der Waals surface area (Å²) < 4.78 is 2.10. The lowest BCUT2D eigenvalue weighted by Crippen LogP contribution is -2.10. The smallest absolute Gasteiger partial charge is 0.157 e. The molecule has 3 aromatic carbocycles. The van der Waals surface area contributed by atoms with E-state index in [9.17, 15) is 5.26 Å². The minimum absolute atomic E-state index is 0.616. The number of aromatic nitrogens is 2. The minimum Gasteiger partial charge on any atom is -0.378 e. The van der Waals surface area contributed by atoms with Gasteiger partial charge in [-0.2, -0.15) is 5.26 Å². The predicted octanol–water partition coefficient (Wildman–Crippen LogP) is 6.07. The summed E-state index contributed by atoms with van der Waals surface area (Å²) in [4.78, 5) is 6.91. The Morgan fingerprint density at radius 1 is 0.939 bits per heavy atom. The SMILES string of the molecule is Cc1c(Cc2ccccc2)c(Nc2ccc(N(C)C)cc2)n2c(nc3ccccc32)c1C#N. The molecule has 0 spiro atoms. The highest BCUT2D eigenvalue weighted by molar-refractivity contribution is 5.87. The van der Waals surface area contributed by atoms with Crippen molar-refractivity contribution in [2.45, 2.75) is 13.3 Å². The molecule has 162 valence electrons. The van der Waals surface area contributed by atoms with E-state index in [-0.39, 0.29) is 0 Å². The zero-order chi connectivity index (χ0) is 22.9. The summed E-state index contributed by atoms with van der Waals surface area (Å²) in [5.74, 6) is 0.941. The maximum atomic E-state index is 10.1. The Hall–Kier alpha value is -4.30. The van der Waals surface area contributed by atoms with Gasteiger partial charge in [0.05, 0.1) is 16.6 Å². The third kappa shape index (κ3) is 3.66. The van der Waals surface area contributed by atoms with E-state index in [4.69, 9.17) is 4.98 Å². The van der Waals surface area contributed by atoms with Gasteiger partial charge in [0.15, 0.2) is 5.65 Å². The zero-order valence-electron chi connectivity index (χ0n) is 19.0. The molecule has 0 fully saturated rings. The van der Waals surface area contributed by atoms with Crippen molar-refractivity contribution in [2.24, 2.45) is 0 Å². The molecular weight excluding hydrogens is 406 g/mol. The summed E-state index contributed by atoms with van der Waals surface area (Å²) in [7, 11) is 4.07. The predicted molar refractivity (Wildman–Crippen MR) is 135 cm³/mol. The Morgan fingerprint density at radius 2 is 1.64 bits per heavy atom. The molecule has 0 unspecified atom stereocenters. The quantitative estimate of drug-likeness (QED) is 0.367. The number of hydrogen-bond acceptors (Lipinski definition) is 4. The van der Waals surface area contributed by atoms with E-state index in [0.717, 1.165) is 39.4 Å². The van der Waals surface area contributed by atoms with Crippen molar-refractivity contribution >= 4 is 33.9 Å². The van der Waals surface area contributed by atoms with E-state index in [1.54, 1.807) is 0 Å². The van der Waals surface area contributed by atoms with Crippen molar-refractivity contribution in [3.05, 3.63) is 101 Å². The van der Waals surface area contributed by atoms with Crippen LogP contribution in [0.15, 0.2) is 78.9 Å². The summed E-state index contributed by atoms with van der Waals surface area (Å²) in [6, 6.07) is 29.2. The van der Waals surface area contributed by atoms with Gasteiger partial charge in [-0.25, -0.2) is 4.98 Å². The van der Waals surface area contributed by atoms with E-state index in [1.807, 2.05) is 57.4 Å². The van der Waals surface area contributed by atoms with Gasteiger partial charge in [0.25, 0.3) is 0 Å². The van der Waals surface area contributed by atoms with Crippen LogP contribution >= 0.6 is 0 Å². The average molecular weight is 432 g/mol. The molecule has 0 aliphatic rings. The van der Waals surface area contributed by atoms with Crippen LogP contribution in [0.1, 0.15) is 22.3 Å². The van der Waals surface area contributed by atoms with Gasteiger partial charge in [0, 0.05) is 37.5 Å². The summed E-state index contributed by atoms with van der Waals surface area (Å²) in [6.45, 7) is 2.02. The number of anilines is 3. The molecule has 5 heteroatoms. The number of benzene rings is 3. The summed E-state index contributed by atoms with van der Waals surface area (Å²) in [5, 5.41) is 13.7. The van der Waals surface area contributed by atoms with E-state index >= 15 is 0 Å². The highest BCUT2D eigenvalue weighted by atomic mass is 15.1. The molecule has 0 aliphatic heterocycles. The number of fused-ring (bicyclic) bond motifs is 3. The molecule has 0 aliphatic carbocycles.